The van der Waals surface area contributed by atoms with Crippen LogP contribution in [0.5, 0.6) is 5.75 Å². The number of rotatable bonds is 6. The fourth-order valence-corrected chi connectivity index (χ4v) is 4.57. The smallest absolute Gasteiger partial charge is 0.254 e. The summed E-state index contributed by atoms with van der Waals surface area (Å²) < 4.78 is 28.9. The first kappa shape index (κ1) is 17.8. The molecule has 0 radical (unpaired) electrons. The zero-order valence-corrected chi connectivity index (χ0v) is 14.8. The monoisotopic (exact) mass is 339 g/mol. The lowest BCUT2D eigenvalue weighted by molar-refractivity contribution is 0.0672. The lowest BCUT2D eigenvalue weighted by Crippen LogP contribution is -2.43. The number of ether oxygens (including phenoxy) is 1. The summed E-state index contributed by atoms with van der Waals surface area (Å²) in [4.78, 5) is 14.6. The predicted molar refractivity (Wildman–Crippen MR) is 90.5 cm³/mol. The van der Waals surface area contributed by atoms with Crippen LogP contribution in [0.4, 0.5) is 0 Å². The molecule has 1 atom stereocenters. The number of hydrogen-bond acceptors (Lipinski definition) is 4. The number of carbonyl (C=O) groups excluding carboxylic acids is 1. The van der Waals surface area contributed by atoms with E-state index in [-0.39, 0.29) is 29.4 Å². The molecular formula is C17H25NO4S. The first-order valence-corrected chi connectivity index (χ1v) is 9.88. The molecule has 23 heavy (non-hydrogen) atoms. The molecule has 0 bridgehead atoms. The molecule has 5 nitrogen and oxygen atoms in total. The van der Waals surface area contributed by atoms with Crippen LogP contribution in [0.3, 0.4) is 0 Å². The Labute approximate surface area is 138 Å². The molecule has 1 saturated heterocycles. The average Bonchev–Trinajstić information content (AvgIpc) is 2.85. The Morgan fingerprint density at radius 1 is 1.30 bits per heavy atom. The normalized spacial score (nSPS) is 19.7. The quantitative estimate of drug-likeness (QED) is 0.798. The highest BCUT2D eigenvalue weighted by Gasteiger charge is 2.35. The molecule has 1 aromatic rings. The Kier molecular flexibility index (Phi) is 5.68. The van der Waals surface area contributed by atoms with Gasteiger partial charge in [-0.2, -0.15) is 0 Å². The summed E-state index contributed by atoms with van der Waals surface area (Å²) in [7, 11) is -3.02. The third-order valence-corrected chi connectivity index (χ3v) is 5.63. The van der Waals surface area contributed by atoms with Gasteiger partial charge in [-0.05, 0) is 43.5 Å². The summed E-state index contributed by atoms with van der Waals surface area (Å²) in [6, 6.07) is 6.81. The number of sulfone groups is 1. The summed E-state index contributed by atoms with van der Waals surface area (Å²) in [5, 5.41) is 0. The van der Waals surface area contributed by atoms with Crippen molar-refractivity contribution in [2.45, 2.75) is 33.2 Å². The van der Waals surface area contributed by atoms with Gasteiger partial charge in [-0.25, -0.2) is 8.42 Å². The molecule has 1 heterocycles. The van der Waals surface area contributed by atoms with E-state index in [0.717, 1.165) is 5.75 Å². The van der Waals surface area contributed by atoms with Crippen LogP contribution in [-0.4, -0.2) is 49.9 Å². The zero-order chi connectivity index (χ0) is 17.0. The Morgan fingerprint density at radius 2 is 1.96 bits per heavy atom. The first-order chi connectivity index (χ1) is 10.8. The second-order valence-corrected chi connectivity index (χ2v) is 8.59. The highest BCUT2D eigenvalue weighted by molar-refractivity contribution is 7.91. The second kappa shape index (κ2) is 7.34. The molecule has 2 rings (SSSR count). The topological polar surface area (TPSA) is 63.7 Å². The molecule has 1 aliphatic rings. The van der Waals surface area contributed by atoms with E-state index in [4.69, 9.17) is 4.74 Å². The summed E-state index contributed by atoms with van der Waals surface area (Å²) in [6.45, 7) is 7.10. The van der Waals surface area contributed by atoms with Gasteiger partial charge >= 0.3 is 0 Å². The van der Waals surface area contributed by atoms with E-state index in [9.17, 15) is 13.2 Å². The van der Waals surface area contributed by atoms with Gasteiger partial charge in [-0.1, -0.05) is 13.8 Å². The van der Waals surface area contributed by atoms with Crippen molar-refractivity contribution in [2.24, 2.45) is 5.92 Å². The van der Waals surface area contributed by atoms with E-state index in [1.807, 2.05) is 20.8 Å². The van der Waals surface area contributed by atoms with Crippen molar-refractivity contribution >= 4 is 15.7 Å². The van der Waals surface area contributed by atoms with Crippen LogP contribution in [0.15, 0.2) is 24.3 Å². The van der Waals surface area contributed by atoms with Crippen molar-refractivity contribution < 1.29 is 17.9 Å². The van der Waals surface area contributed by atoms with Gasteiger partial charge in [-0.15, -0.1) is 0 Å². The van der Waals surface area contributed by atoms with Gasteiger partial charge in [0.25, 0.3) is 5.91 Å². The fraction of sp³-hybridized carbons (Fsp3) is 0.588. The van der Waals surface area contributed by atoms with Gasteiger partial charge in [0.05, 0.1) is 18.1 Å². The minimum atomic E-state index is -3.02. The summed E-state index contributed by atoms with van der Waals surface area (Å²) in [5.74, 6) is 1.14. The molecule has 0 aliphatic carbocycles. The van der Waals surface area contributed by atoms with Crippen LogP contribution < -0.4 is 4.74 Å². The summed E-state index contributed by atoms with van der Waals surface area (Å²) >= 11 is 0. The SMILES string of the molecule is CCOc1ccc(C(=O)N(CC(C)C)[C@@H]2CCS(=O)(=O)C2)cc1. The summed E-state index contributed by atoms with van der Waals surface area (Å²) in [6.07, 6.45) is 0.526. The number of amides is 1. The van der Waals surface area contributed by atoms with Gasteiger partial charge in [0.15, 0.2) is 9.84 Å². The van der Waals surface area contributed by atoms with Gasteiger partial charge in [0.1, 0.15) is 5.75 Å². The summed E-state index contributed by atoms with van der Waals surface area (Å²) in [5.41, 5.74) is 0.568. The molecule has 1 fully saturated rings. The van der Waals surface area contributed by atoms with Gasteiger partial charge in [0, 0.05) is 18.2 Å². The molecule has 128 valence electrons. The molecule has 0 spiro atoms. The standard InChI is InChI=1S/C17H25NO4S/c1-4-22-16-7-5-14(6-8-16)17(19)18(11-13(2)3)15-9-10-23(20,21)12-15/h5-8,13,15H,4,9-12H2,1-3H3/t15-/m1/s1. The number of benzene rings is 1. The van der Waals surface area contributed by atoms with Crippen LogP contribution in [0.1, 0.15) is 37.6 Å². The number of hydrogen-bond donors (Lipinski definition) is 0. The van der Waals surface area contributed by atoms with E-state index in [2.05, 4.69) is 0 Å². The Hall–Kier alpha value is -1.56. The molecule has 0 unspecified atom stereocenters. The van der Waals surface area contributed by atoms with Crippen LogP contribution in [-0.2, 0) is 9.84 Å². The third-order valence-electron chi connectivity index (χ3n) is 3.88. The number of carbonyl (C=O) groups is 1. The maximum Gasteiger partial charge on any atom is 0.254 e. The van der Waals surface area contributed by atoms with Crippen LogP contribution in [0.25, 0.3) is 0 Å². The van der Waals surface area contributed by atoms with Gasteiger partial charge in [-0.3, -0.25) is 4.79 Å². The van der Waals surface area contributed by atoms with E-state index >= 15 is 0 Å². The molecule has 0 saturated carbocycles. The molecule has 1 aromatic carbocycles. The van der Waals surface area contributed by atoms with E-state index in [1.54, 1.807) is 29.2 Å². The van der Waals surface area contributed by atoms with Crippen molar-refractivity contribution in [3.05, 3.63) is 29.8 Å². The first-order valence-electron chi connectivity index (χ1n) is 8.06. The largest absolute Gasteiger partial charge is 0.494 e. The van der Waals surface area contributed by atoms with E-state index < -0.39 is 9.84 Å². The van der Waals surface area contributed by atoms with Crippen molar-refractivity contribution in [3.63, 3.8) is 0 Å². The molecule has 0 aromatic heterocycles. The lowest BCUT2D eigenvalue weighted by atomic mass is 10.1. The molecular weight excluding hydrogens is 314 g/mol. The van der Waals surface area contributed by atoms with Gasteiger partial charge in [0.2, 0.25) is 0 Å². The van der Waals surface area contributed by atoms with Crippen LogP contribution in [0, 0.1) is 5.92 Å². The highest BCUT2D eigenvalue weighted by Crippen LogP contribution is 2.22. The molecule has 6 heteroatoms. The maximum atomic E-state index is 12.8. The van der Waals surface area contributed by atoms with Crippen LogP contribution >= 0.6 is 0 Å². The van der Waals surface area contributed by atoms with Crippen molar-refractivity contribution in [1.29, 1.82) is 0 Å². The Morgan fingerprint density at radius 3 is 2.43 bits per heavy atom. The second-order valence-electron chi connectivity index (χ2n) is 6.37. The Balaban J connectivity index is 2.19. The molecule has 1 aliphatic heterocycles. The van der Waals surface area contributed by atoms with Crippen LogP contribution in [0.2, 0.25) is 0 Å². The predicted octanol–water partition coefficient (Wildman–Crippen LogP) is 2.37. The lowest BCUT2D eigenvalue weighted by Gasteiger charge is -2.30. The fourth-order valence-electron chi connectivity index (χ4n) is 2.84. The van der Waals surface area contributed by atoms with Crippen molar-refractivity contribution in [1.82, 2.24) is 4.90 Å². The minimum Gasteiger partial charge on any atom is -0.494 e. The number of nitrogens with zero attached hydrogens (tertiary/aromatic N) is 1. The van der Waals surface area contributed by atoms with Gasteiger partial charge < -0.3 is 9.64 Å². The van der Waals surface area contributed by atoms with Crippen molar-refractivity contribution in [3.8, 4) is 5.75 Å². The highest BCUT2D eigenvalue weighted by atomic mass is 32.2. The Bertz CT molecular complexity index is 637. The average molecular weight is 339 g/mol. The zero-order valence-electron chi connectivity index (χ0n) is 14.0. The third kappa shape index (κ3) is 4.70. The minimum absolute atomic E-state index is 0.0719. The van der Waals surface area contributed by atoms with E-state index in [0.29, 0.717) is 25.1 Å². The van der Waals surface area contributed by atoms with Crippen molar-refractivity contribution in [2.75, 3.05) is 24.7 Å². The van der Waals surface area contributed by atoms with E-state index in [1.165, 1.54) is 0 Å². The molecule has 0 N–H and O–H groups in total. The molecule has 1 amide bonds. The maximum absolute atomic E-state index is 12.8.